The van der Waals surface area contributed by atoms with Crippen molar-refractivity contribution in [3.63, 3.8) is 0 Å². The van der Waals surface area contributed by atoms with E-state index in [1.165, 1.54) is 0 Å². The second-order valence-electron chi connectivity index (χ2n) is 4.44. The van der Waals surface area contributed by atoms with E-state index in [2.05, 4.69) is 16.4 Å². The molecule has 1 unspecified atom stereocenters. The minimum absolute atomic E-state index is 0.320. The van der Waals surface area contributed by atoms with Crippen molar-refractivity contribution in [3.8, 4) is 0 Å². The zero-order valence-electron chi connectivity index (χ0n) is 10.6. The van der Waals surface area contributed by atoms with Gasteiger partial charge in [-0.05, 0) is 33.6 Å². The van der Waals surface area contributed by atoms with Crippen LogP contribution in [0.5, 0.6) is 0 Å². The lowest BCUT2D eigenvalue weighted by molar-refractivity contribution is -0.141. The summed E-state index contributed by atoms with van der Waals surface area (Å²) in [5.41, 5.74) is 0. The van der Waals surface area contributed by atoms with Gasteiger partial charge >= 0.3 is 5.97 Å². The van der Waals surface area contributed by atoms with Gasteiger partial charge in [0.2, 0.25) is 0 Å². The summed E-state index contributed by atoms with van der Waals surface area (Å²) < 4.78 is 0. The van der Waals surface area contributed by atoms with Gasteiger partial charge in [-0.15, -0.1) is 6.58 Å². The Morgan fingerprint density at radius 1 is 1.44 bits per heavy atom. The van der Waals surface area contributed by atoms with E-state index in [1.807, 2.05) is 20.2 Å². The van der Waals surface area contributed by atoms with Crippen molar-refractivity contribution >= 4 is 5.97 Å². The molecule has 0 bridgehead atoms. The Labute approximate surface area is 98.5 Å². The quantitative estimate of drug-likeness (QED) is 0.601. The third-order valence-corrected chi connectivity index (χ3v) is 2.42. The molecule has 0 aliphatic rings. The molecule has 16 heavy (non-hydrogen) atoms. The third-order valence-electron chi connectivity index (χ3n) is 2.42. The number of carbonyl (C=O) groups is 1. The molecule has 0 saturated carbocycles. The molecule has 0 amide bonds. The van der Waals surface area contributed by atoms with Crippen LogP contribution in [0, 0.1) is 5.92 Å². The number of carboxylic acids is 1. The molecule has 0 aliphatic heterocycles. The van der Waals surface area contributed by atoms with E-state index in [4.69, 9.17) is 5.11 Å². The predicted molar refractivity (Wildman–Crippen MR) is 66.6 cm³/mol. The Kier molecular flexibility index (Phi) is 7.85. The molecule has 1 atom stereocenters. The van der Waals surface area contributed by atoms with Crippen LogP contribution in [0.25, 0.3) is 0 Å². The number of aliphatic carboxylic acids is 1. The zero-order valence-corrected chi connectivity index (χ0v) is 10.6. The second-order valence-corrected chi connectivity index (χ2v) is 4.44. The van der Waals surface area contributed by atoms with Gasteiger partial charge in [0, 0.05) is 13.1 Å². The van der Waals surface area contributed by atoms with E-state index in [9.17, 15) is 4.79 Å². The van der Waals surface area contributed by atoms with Crippen molar-refractivity contribution in [3.05, 3.63) is 12.7 Å². The maximum Gasteiger partial charge on any atom is 0.307 e. The van der Waals surface area contributed by atoms with Crippen molar-refractivity contribution in [1.29, 1.82) is 0 Å². The molecule has 0 saturated heterocycles. The fourth-order valence-corrected chi connectivity index (χ4v) is 1.52. The van der Waals surface area contributed by atoms with E-state index in [0.717, 1.165) is 26.1 Å². The molecular weight excluding hydrogens is 204 g/mol. The molecule has 0 rings (SSSR count). The Balaban J connectivity index is 3.96. The maximum absolute atomic E-state index is 10.8. The molecule has 94 valence electrons. The van der Waals surface area contributed by atoms with Gasteiger partial charge in [-0.3, -0.25) is 9.69 Å². The number of nitrogens with zero attached hydrogens (tertiary/aromatic N) is 2. The summed E-state index contributed by atoms with van der Waals surface area (Å²) >= 11 is 0. The van der Waals surface area contributed by atoms with Gasteiger partial charge in [0.1, 0.15) is 0 Å². The molecule has 0 aromatic carbocycles. The van der Waals surface area contributed by atoms with Gasteiger partial charge in [0.05, 0.1) is 5.92 Å². The summed E-state index contributed by atoms with van der Waals surface area (Å²) in [4.78, 5) is 15.0. The Hall–Kier alpha value is -0.870. The summed E-state index contributed by atoms with van der Waals surface area (Å²) in [7, 11) is 4.08. The first-order valence-corrected chi connectivity index (χ1v) is 5.68. The highest BCUT2D eigenvalue weighted by atomic mass is 16.4. The highest BCUT2D eigenvalue weighted by Gasteiger charge is 2.14. The first-order chi connectivity index (χ1) is 7.47. The molecule has 0 radical (unpaired) electrons. The lowest BCUT2D eigenvalue weighted by atomic mass is 10.1. The van der Waals surface area contributed by atoms with Crippen LogP contribution < -0.4 is 0 Å². The first-order valence-electron chi connectivity index (χ1n) is 5.68. The van der Waals surface area contributed by atoms with Crippen LogP contribution in [-0.2, 0) is 4.79 Å². The molecule has 0 aromatic rings. The normalized spacial score (nSPS) is 13.1. The summed E-state index contributed by atoms with van der Waals surface area (Å²) in [6.07, 6.45) is 2.87. The second kappa shape index (κ2) is 8.30. The largest absolute Gasteiger partial charge is 0.481 e. The van der Waals surface area contributed by atoms with Crippen LogP contribution in [-0.4, -0.2) is 61.2 Å². The van der Waals surface area contributed by atoms with Crippen LogP contribution in [0.15, 0.2) is 12.7 Å². The lowest BCUT2D eigenvalue weighted by Crippen LogP contribution is -2.34. The van der Waals surface area contributed by atoms with Crippen molar-refractivity contribution in [2.45, 2.75) is 13.3 Å². The highest BCUT2D eigenvalue weighted by molar-refractivity contribution is 5.69. The Morgan fingerprint density at radius 2 is 2.06 bits per heavy atom. The standard InChI is InChI=1S/C12H24N2O2/c1-5-7-14(9-6-8-13(3)4)10-11(2)12(15)16/h5,11H,1,6-10H2,2-4H3,(H,15,16). The van der Waals surface area contributed by atoms with E-state index < -0.39 is 5.97 Å². The fraction of sp³-hybridized carbons (Fsp3) is 0.750. The van der Waals surface area contributed by atoms with Crippen molar-refractivity contribution in [2.75, 3.05) is 40.3 Å². The van der Waals surface area contributed by atoms with Crippen LogP contribution in [0.4, 0.5) is 0 Å². The number of hydrogen-bond acceptors (Lipinski definition) is 3. The van der Waals surface area contributed by atoms with E-state index in [1.54, 1.807) is 6.92 Å². The Bertz CT molecular complexity index is 217. The average molecular weight is 228 g/mol. The zero-order chi connectivity index (χ0) is 12.6. The molecule has 4 nitrogen and oxygen atoms in total. The van der Waals surface area contributed by atoms with Crippen LogP contribution in [0.1, 0.15) is 13.3 Å². The van der Waals surface area contributed by atoms with Gasteiger partial charge in [0.15, 0.2) is 0 Å². The maximum atomic E-state index is 10.8. The molecule has 0 spiro atoms. The molecule has 0 heterocycles. The molecular formula is C12H24N2O2. The van der Waals surface area contributed by atoms with Gasteiger partial charge in [0.25, 0.3) is 0 Å². The monoisotopic (exact) mass is 228 g/mol. The molecule has 4 heteroatoms. The first kappa shape index (κ1) is 15.1. The SMILES string of the molecule is C=CCN(CCCN(C)C)CC(C)C(=O)O. The summed E-state index contributed by atoms with van der Waals surface area (Å²) in [6.45, 7) is 8.73. The summed E-state index contributed by atoms with van der Waals surface area (Å²) in [5, 5.41) is 8.85. The summed E-state index contributed by atoms with van der Waals surface area (Å²) in [5.74, 6) is -1.05. The number of rotatable bonds is 9. The van der Waals surface area contributed by atoms with Gasteiger partial charge < -0.3 is 10.0 Å². The topological polar surface area (TPSA) is 43.8 Å². The molecule has 0 fully saturated rings. The minimum atomic E-state index is -0.735. The van der Waals surface area contributed by atoms with E-state index >= 15 is 0 Å². The molecule has 1 N–H and O–H groups in total. The fourth-order valence-electron chi connectivity index (χ4n) is 1.52. The van der Waals surface area contributed by atoms with Crippen LogP contribution >= 0.6 is 0 Å². The highest BCUT2D eigenvalue weighted by Crippen LogP contribution is 2.02. The molecule has 0 aromatic heterocycles. The van der Waals surface area contributed by atoms with Crippen molar-refractivity contribution in [1.82, 2.24) is 9.80 Å². The van der Waals surface area contributed by atoms with Crippen LogP contribution in [0.2, 0.25) is 0 Å². The minimum Gasteiger partial charge on any atom is -0.481 e. The van der Waals surface area contributed by atoms with Gasteiger partial charge in [-0.2, -0.15) is 0 Å². The van der Waals surface area contributed by atoms with Crippen molar-refractivity contribution < 1.29 is 9.90 Å². The average Bonchev–Trinajstić information content (AvgIpc) is 2.17. The third kappa shape index (κ3) is 7.43. The summed E-state index contributed by atoms with van der Waals surface area (Å²) in [6, 6.07) is 0. The van der Waals surface area contributed by atoms with E-state index in [0.29, 0.717) is 6.54 Å². The lowest BCUT2D eigenvalue weighted by Gasteiger charge is -2.23. The smallest absolute Gasteiger partial charge is 0.307 e. The van der Waals surface area contributed by atoms with Crippen LogP contribution in [0.3, 0.4) is 0 Å². The predicted octanol–water partition coefficient (Wildman–Crippen LogP) is 1.15. The number of carboxylic acid groups (broad SMARTS) is 1. The van der Waals surface area contributed by atoms with E-state index in [-0.39, 0.29) is 5.92 Å². The Morgan fingerprint density at radius 3 is 2.50 bits per heavy atom. The van der Waals surface area contributed by atoms with Crippen molar-refractivity contribution in [2.24, 2.45) is 5.92 Å². The number of hydrogen-bond donors (Lipinski definition) is 1. The van der Waals surface area contributed by atoms with Gasteiger partial charge in [-0.25, -0.2) is 0 Å². The van der Waals surface area contributed by atoms with Gasteiger partial charge in [-0.1, -0.05) is 13.0 Å². The molecule has 0 aliphatic carbocycles.